The first-order valence-corrected chi connectivity index (χ1v) is 12.4. The third kappa shape index (κ3) is 5.76. The van der Waals surface area contributed by atoms with Crippen molar-refractivity contribution in [2.75, 3.05) is 44.2 Å². The van der Waals surface area contributed by atoms with Crippen molar-refractivity contribution in [3.05, 3.63) is 102 Å². The average molecular weight is 497 g/mol. The van der Waals surface area contributed by atoms with Gasteiger partial charge in [-0.25, -0.2) is 9.78 Å². The highest BCUT2D eigenvalue weighted by Crippen LogP contribution is 2.23. The van der Waals surface area contributed by atoms with Crippen molar-refractivity contribution in [2.45, 2.75) is 6.10 Å². The van der Waals surface area contributed by atoms with Gasteiger partial charge in [0.2, 0.25) is 0 Å². The Morgan fingerprint density at radius 1 is 0.838 bits per heavy atom. The van der Waals surface area contributed by atoms with Crippen LogP contribution in [0.3, 0.4) is 0 Å². The van der Waals surface area contributed by atoms with Crippen molar-refractivity contribution < 1.29 is 19.1 Å². The van der Waals surface area contributed by atoms with Gasteiger partial charge in [0.05, 0.1) is 17.7 Å². The minimum absolute atomic E-state index is 0.00226. The fraction of sp³-hybridized carbons (Fsp3) is 0.241. The molecule has 1 unspecified atom stereocenters. The Hall–Kier alpha value is -4.30. The van der Waals surface area contributed by atoms with Gasteiger partial charge in [-0.15, -0.1) is 0 Å². The highest BCUT2D eigenvalue weighted by molar-refractivity contribution is 6.21. The molecule has 3 heterocycles. The second-order valence-corrected chi connectivity index (χ2v) is 9.04. The monoisotopic (exact) mass is 496 g/mol. The van der Waals surface area contributed by atoms with Gasteiger partial charge in [-0.05, 0) is 35.9 Å². The number of imide groups is 1. The Morgan fingerprint density at radius 2 is 1.49 bits per heavy atom. The summed E-state index contributed by atoms with van der Waals surface area (Å²) >= 11 is 0. The SMILES string of the molecule is O=C(/C=C/c1ccccc1)OC(CN1CCN(c2ccccn2)CC1)CN1C(=O)c2ccccc2C1=O. The minimum atomic E-state index is -0.670. The number of piperazine rings is 1. The molecule has 0 radical (unpaired) electrons. The molecule has 188 valence electrons. The number of esters is 1. The number of fused-ring (bicyclic) bond motifs is 1. The fourth-order valence-corrected chi connectivity index (χ4v) is 4.66. The maximum absolute atomic E-state index is 13.0. The quantitative estimate of drug-likeness (QED) is 0.269. The highest BCUT2D eigenvalue weighted by atomic mass is 16.5. The maximum atomic E-state index is 13.0. The molecule has 0 aliphatic carbocycles. The third-order valence-corrected chi connectivity index (χ3v) is 6.57. The summed E-state index contributed by atoms with van der Waals surface area (Å²) in [6, 6.07) is 22.1. The van der Waals surface area contributed by atoms with E-state index in [0.29, 0.717) is 17.7 Å². The number of benzene rings is 2. The molecule has 5 rings (SSSR count). The summed E-state index contributed by atoms with van der Waals surface area (Å²) in [5.74, 6) is -0.303. The Balaban J connectivity index is 1.27. The molecule has 0 spiro atoms. The first kappa shape index (κ1) is 24.4. The van der Waals surface area contributed by atoms with E-state index in [4.69, 9.17) is 4.74 Å². The zero-order valence-corrected chi connectivity index (χ0v) is 20.4. The van der Waals surface area contributed by atoms with Crippen molar-refractivity contribution in [1.29, 1.82) is 0 Å². The normalized spacial score (nSPS) is 16.8. The lowest BCUT2D eigenvalue weighted by atomic mass is 10.1. The molecule has 1 atom stereocenters. The van der Waals surface area contributed by atoms with Gasteiger partial charge in [0.15, 0.2) is 0 Å². The molecular formula is C29H28N4O4. The van der Waals surface area contributed by atoms with E-state index < -0.39 is 12.1 Å². The fourth-order valence-electron chi connectivity index (χ4n) is 4.66. The van der Waals surface area contributed by atoms with Crippen LogP contribution in [-0.4, -0.2) is 77.9 Å². The van der Waals surface area contributed by atoms with Gasteiger partial charge >= 0.3 is 5.97 Å². The number of carbonyl (C=O) groups is 3. The first-order chi connectivity index (χ1) is 18.1. The number of aromatic nitrogens is 1. The highest BCUT2D eigenvalue weighted by Gasteiger charge is 2.37. The third-order valence-electron chi connectivity index (χ3n) is 6.57. The number of hydrogen-bond acceptors (Lipinski definition) is 7. The molecule has 2 aliphatic rings. The van der Waals surface area contributed by atoms with E-state index in [9.17, 15) is 14.4 Å². The number of hydrogen-bond donors (Lipinski definition) is 0. The number of ether oxygens (including phenoxy) is 1. The van der Waals surface area contributed by atoms with Crippen LogP contribution in [0.2, 0.25) is 0 Å². The molecule has 8 heteroatoms. The summed E-state index contributed by atoms with van der Waals surface area (Å²) in [7, 11) is 0. The number of rotatable bonds is 8. The lowest BCUT2D eigenvalue weighted by Gasteiger charge is -2.37. The number of anilines is 1. The number of amides is 2. The van der Waals surface area contributed by atoms with Gasteiger partial charge in [-0.1, -0.05) is 48.5 Å². The van der Waals surface area contributed by atoms with Crippen LogP contribution in [0.5, 0.6) is 0 Å². The standard InChI is InChI=1S/C29H28N4O4/c34-27(14-13-22-8-2-1-3-9-22)37-23(21-33-28(35)24-10-4-5-11-25(24)29(33)36)20-31-16-18-32(19-17-31)26-12-6-7-15-30-26/h1-15,23H,16-21H2/b14-13+. The molecular weight excluding hydrogens is 468 g/mol. The van der Waals surface area contributed by atoms with Crippen LogP contribution in [0, 0.1) is 0 Å². The smallest absolute Gasteiger partial charge is 0.331 e. The summed E-state index contributed by atoms with van der Waals surface area (Å²) in [5.41, 5.74) is 1.64. The molecule has 1 fully saturated rings. The molecule has 1 aromatic heterocycles. The van der Waals surface area contributed by atoms with Crippen molar-refractivity contribution in [2.24, 2.45) is 0 Å². The lowest BCUT2D eigenvalue weighted by molar-refractivity contribution is -0.144. The van der Waals surface area contributed by atoms with Crippen LogP contribution < -0.4 is 4.90 Å². The number of nitrogens with zero attached hydrogens (tertiary/aromatic N) is 4. The molecule has 2 amide bonds. The van der Waals surface area contributed by atoms with Crippen molar-refractivity contribution in [3.8, 4) is 0 Å². The molecule has 2 aliphatic heterocycles. The van der Waals surface area contributed by atoms with Gasteiger partial charge in [0.25, 0.3) is 11.8 Å². The zero-order valence-electron chi connectivity index (χ0n) is 20.4. The van der Waals surface area contributed by atoms with E-state index in [2.05, 4.69) is 14.8 Å². The largest absolute Gasteiger partial charge is 0.456 e. The van der Waals surface area contributed by atoms with Crippen LogP contribution in [0.25, 0.3) is 6.08 Å². The Bertz CT molecular complexity index is 1250. The van der Waals surface area contributed by atoms with Crippen molar-refractivity contribution >= 4 is 29.7 Å². The lowest BCUT2D eigenvalue weighted by Crippen LogP contribution is -2.51. The van der Waals surface area contributed by atoms with Gasteiger partial charge in [-0.2, -0.15) is 0 Å². The molecule has 0 N–H and O–H groups in total. The second-order valence-electron chi connectivity index (χ2n) is 9.04. The van der Waals surface area contributed by atoms with E-state index in [-0.39, 0.29) is 18.4 Å². The van der Waals surface area contributed by atoms with Crippen LogP contribution in [0.1, 0.15) is 26.3 Å². The molecule has 2 aromatic carbocycles. The van der Waals surface area contributed by atoms with E-state index >= 15 is 0 Å². The summed E-state index contributed by atoms with van der Waals surface area (Å²) in [6.07, 6.45) is 4.18. The second kappa shape index (κ2) is 11.2. The predicted octanol–water partition coefficient (Wildman–Crippen LogP) is 3.13. The first-order valence-electron chi connectivity index (χ1n) is 12.4. The van der Waals surface area contributed by atoms with Gasteiger partial charge in [0.1, 0.15) is 11.9 Å². The van der Waals surface area contributed by atoms with Gasteiger partial charge in [0, 0.05) is 45.0 Å². The zero-order chi connectivity index (χ0) is 25.6. The number of pyridine rings is 1. The van der Waals surface area contributed by atoms with Crippen molar-refractivity contribution in [3.63, 3.8) is 0 Å². The Morgan fingerprint density at radius 3 is 2.14 bits per heavy atom. The van der Waals surface area contributed by atoms with Crippen LogP contribution in [-0.2, 0) is 9.53 Å². The van der Waals surface area contributed by atoms with E-state index in [1.807, 2.05) is 48.5 Å². The molecule has 0 saturated carbocycles. The van der Waals surface area contributed by atoms with Crippen LogP contribution in [0.4, 0.5) is 5.82 Å². The average Bonchev–Trinajstić information content (AvgIpc) is 3.18. The Kier molecular flexibility index (Phi) is 7.37. The predicted molar refractivity (Wildman–Crippen MR) is 140 cm³/mol. The summed E-state index contributed by atoms with van der Waals surface area (Å²) < 4.78 is 5.80. The number of carbonyl (C=O) groups excluding carboxylic acids is 3. The summed E-state index contributed by atoms with van der Waals surface area (Å²) in [5, 5.41) is 0. The van der Waals surface area contributed by atoms with Crippen LogP contribution >= 0.6 is 0 Å². The van der Waals surface area contributed by atoms with Gasteiger partial charge in [-0.3, -0.25) is 19.4 Å². The summed E-state index contributed by atoms with van der Waals surface area (Å²) in [4.78, 5) is 48.7. The van der Waals surface area contributed by atoms with Crippen molar-refractivity contribution in [1.82, 2.24) is 14.8 Å². The topological polar surface area (TPSA) is 83.1 Å². The molecule has 3 aromatic rings. The summed E-state index contributed by atoms with van der Waals surface area (Å²) in [6.45, 7) is 3.45. The molecule has 0 bridgehead atoms. The van der Waals surface area contributed by atoms with Gasteiger partial charge < -0.3 is 9.64 Å². The Labute approximate surface area is 215 Å². The molecule has 8 nitrogen and oxygen atoms in total. The van der Waals surface area contributed by atoms with Crippen LogP contribution in [0.15, 0.2) is 85.1 Å². The maximum Gasteiger partial charge on any atom is 0.331 e. The van der Waals surface area contributed by atoms with E-state index in [0.717, 1.165) is 37.6 Å². The van der Waals surface area contributed by atoms with E-state index in [1.54, 1.807) is 36.5 Å². The van der Waals surface area contributed by atoms with E-state index in [1.165, 1.54) is 11.0 Å². The minimum Gasteiger partial charge on any atom is -0.456 e. The molecule has 37 heavy (non-hydrogen) atoms. The molecule has 1 saturated heterocycles.